The van der Waals surface area contributed by atoms with E-state index < -0.39 is 5.60 Å². The van der Waals surface area contributed by atoms with Crippen LogP contribution >= 0.6 is 23.4 Å². The van der Waals surface area contributed by atoms with Crippen molar-refractivity contribution in [3.63, 3.8) is 0 Å². The number of pyridine rings is 1. The molecule has 3 rings (SSSR count). The summed E-state index contributed by atoms with van der Waals surface area (Å²) in [5, 5.41) is 11.8. The van der Waals surface area contributed by atoms with E-state index in [1.54, 1.807) is 25.6 Å². The lowest BCUT2D eigenvalue weighted by Gasteiger charge is -2.20. The first-order valence-corrected chi connectivity index (χ1v) is 9.17. The maximum Gasteiger partial charge on any atom is 0.157 e. The number of fused-ring (bicyclic) bond motifs is 3. The average molecular weight is 350 g/mol. The summed E-state index contributed by atoms with van der Waals surface area (Å²) in [6.07, 6.45) is 0. The minimum absolute atomic E-state index is 0.413. The Morgan fingerprint density at radius 1 is 1.26 bits per heavy atom. The van der Waals surface area contributed by atoms with Crippen LogP contribution in [0.5, 0.6) is 0 Å². The van der Waals surface area contributed by atoms with E-state index in [2.05, 4.69) is 16.5 Å². The van der Waals surface area contributed by atoms with Crippen LogP contribution in [0.4, 0.5) is 0 Å². The van der Waals surface area contributed by atoms with Crippen molar-refractivity contribution < 1.29 is 5.11 Å². The molecule has 0 radical (unpaired) electrons. The summed E-state index contributed by atoms with van der Waals surface area (Å²) in [6.45, 7) is 6.20. The van der Waals surface area contributed by atoms with Crippen LogP contribution in [0.25, 0.3) is 21.9 Å². The third-order valence-electron chi connectivity index (χ3n) is 3.60. The smallest absolute Gasteiger partial charge is 0.157 e. The fourth-order valence-corrected chi connectivity index (χ4v) is 3.54. The van der Waals surface area contributed by atoms with Crippen LogP contribution < -0.4 is 0 Å². The van der Waals surface area contributed by atoms with E-state index in [4.69, 9.17) is 16.6 Å². The second kappa shape index (κ2) is 6.30. The first kappa shape index (κ1) is 16.6. The first-order chi connectivity index (χ1) is 10.9. The molecule has 2 aromatic heterocycles. The fraction of sp³-hybridized carbons (Fsp3) is 0.412. The van der Waals surface area contributed by atoms with Crippen LogP contribution in [0.1, 0.15) is 26.6 Å². The highest BCUT2D eigenvalue weighted by Gasteiger charge is 2.22. The normalized spacial score (nSPS) is 12.4. The minimum atomic E-state index is -0.837. The molecule has 1 N–H and O–H groups in total. The molecule has 2 heterocycles. The Bertz CT molecular complexity index is 854. The highest BCUT2D eigenvalue weighted by molar-refractivity contribution is 7.98. The van der Waals surface area contributed by atoms with E-state index in [-0.39, 0.29) is 0 Å². The molecule has 0 saturated heterocycles. The molecule has 0 amide bonds. The number of hydrogen-bond donors (Lipinski definition) is 1. The number of imidazole rings is 1. The molecule has 3 aromatic rings. The van der Waals surface area contributed by atoms with Gasteiger partial charge in [0.05, 0.1) is 28.9 Å². The second-order valence-electron chi connectivity index (χ2n) is 6.18. The quantitative estimate of drug-likeness (QED) is 0.699. The number of rotatable bonds is 5. The van der Waals surface area contributed by atoms with Gasteiger partial charge in [-0.1, -0.05) is 36.7 Å². The number of hydrogen-bond acceptors (Lipinski definition) is 4. The third kappa shape index (κ3) is 3.32. The third-order valence-corrected chi connectivity index (χ3v) is 4.73. The van der Waals surface area contributed by atoms with E-state index in [1.807, 2.05) is 24.3 Å². The molecular weight excluding hydrogens is 330 g/mol. The van der Waals surface area contributed by atoms with E-state index >= 15 is 0 Å². The van der Waals surface area contributed by atoms with Crippen molar-refractivity contribution in [3.8, 4) is 0 Å². The van der Waals surface area contributed by atoms with E-state index in [9.17, 15) is 5.11 Å². The van der Waals surface area contributed by atoms with Crippen LogP contribution in [0.2, 0.25) is 5.15 Å². The summed E-state index contributed by atoms with van der Waals surface area (Å²) in [4.78, 5) is 9.18. The zero-order valence-corrected chi connectivity index (χ0v) is 15.1. The molecule has 0 bridgehead atoms. The van der Waals surface area contributed by atoms with Crippen LogP contribution in [0.3, 0.4) is 0 Å². The summed E-state index contributed by atoms with van der Waals surface area (Å²) >= 11 is 8.17. The topological polar surface area (TPSA) is 50.9 Å². The van der Waals surface area contributed by atoms with Crippen LogP contribution in [-0.4, -0.2) is 31.0 Å². The van der Waals surface area contributed by atoms with Crippen LogP contribution in [-0.2, 0) is 12.3 Å². The lowest BCUT2D eigenvalue weighted by molar-refractivity contribution is 0.0620. The number of benzene rings is 1. The predicted molar refractivity (Wildman–Crippen MR) is 98.2 cm³/mol. The van der Waals surface area contributed by atoms with Gasteiger partial charge in [0.2, 0.25) is 0 Å². The zero-order valence-electron chi connectivity index (χ0n) is 13.5. The van der Waals surface area contributed by atoms with Crippen molar-refractivity contribution in [3.05, 3.63) is 35.2 Å². The number of nitrogens with zero attached hydrogens (tertiary/aromatic N) is 3. The van der Waals surface area contributed by atoms with Crippen LogP contribution in [0, 0.1) is 0 Å². The van der Waals surface area contributed by atoms with E-state index in [1.165, 1.54) is 0 Å². The molecule has 0 aliphatic heterocycles. The Hall–Kier alpha value is -1.30. The Labute approximate surface area is 144 Å². The summed E-state index contributed by atoms with van der Waals surface area (Å²) in [6, 6.07) is 7.91. The maximum atomic E-state index is 10.3. The molecule has 4 nitrogen and oxygen atoms in total. The summed E-state index contributed by atoms with van der Waals surface area (Å²) < 4.78 is 2.09. The van der Waals surface area contributed by atoms with Gasteiger partial charge in [0.25, 0.3) is 0 Å². The monoisotopic (exact) mass is 349 g/mol. The lowest BCUT2D eigenvalue weighted by atomic mass is 10.1. The van der Waals surface area contributed by atoms with Gasteiger partial charge in [-0.2, -0.15) is 11.8 Å². The van der Waals surface area contributed by atoms with Crippen molar-refractivity contribution in [1.29, 1.82) is 0 Å². The number of aromatic nitrogens is 3. The highest BCUT2D eigenvalue weighted by Crippen LogP contribution is 2.31. The van der Waals surface area contributed by atoms with Gasteiger partial charge in [-0.15, -0.1) is 0 Å². The Morgan fingerprint density at radius 2 is 2.00 bits per heavy atom. The molecule has 0 aliphatic carbocycles. The number of halogens is 1. The van der Waals surface area contributed by atoms with Gasteiger partial charge in [-0.25, -0.2) is 9.97 Å². The first-order valence-electron chi connectivity index (χ1n) is 7.64. The number of para-hydroxylation sites is 1. The van der Waals surface area contributed by atoms with Gasteiger partial charge in [-0.3, -0.25) is 0 Å². The molecule has 0 aliphatic rings. The summed E-state index contributed by atoms with van der Waals surface area (Å²) in [5.41, 5.74) is 1.67. The number of thioether (sulfide) groups is 1. The van der Waals surface area contributed by atoms with Gasteiger partial charge in [0.1, 0.15) is 11.3 Å². The summed E-state index contributed by atoms with van der Waals surface area (Å²) in [7, 11) is 0. The number of aliphatic hydroxyl groups is 1. The standard InChI is InChI=1S/C17H20ClN3OS/c1-4-23-9-13-20-14-15(21(13)10-17(2,3)22)11-7-5-6-8-12(11)19-16(14)18/h5-8,22H,4,9-10H2,1-3H3. The van der Waals surface area contributed by atoms with Crippen molar-refractivity contribution >= 4 is 45.3 Å². The molecular formula is C17H20ClN3OS. The van der Waals surface area contributed by atoms with E-state index in [0.717, 1.165) is 33.7 Å². The minimum Gasteiger partial charge on any atom is -0.389 e. The van der Waals surface area contributed by atoms with Crippen LogP contribution in [0.15, 0.2) is 24.3 Å². The summed E-state index contributed by atoms with van der Waals surface area (Å²) in [5.74, 6) is 2.72. The van der Waals surface area contributed by atoms with Gasteiger partial charge in [0.15, 0.2) is 5.15 Å². The van der Waals surface area contributed by atoms with Crippen molar-refractivity contribution in [2.45, 2.75) is 38.7 Å². The Kier molecular flexibility index (Phi) is 4.54. The zero-order chi connectivity index (χ0) is 16.6. The predicted octanol–water partition coefficient (Wildman–Crippen LogP) is 4.26. The Balaban J connectivity index is 2.32. The lowest BCUT2D eigenvalue weighted by Crippen LogP contribution is -2.27. The van der Waals surface area contributed by atoms with E-state index in [0.29, 0.717) is 17.2 Å². The molecule has 122 valence electrons. The largest absolute Gasteiger partial charge is 0.389 e. The van der Waals surface area contributed by atoms with Gasteiger partial charge >= 0.3 is 0 Å². The molecule has 0 saturated carbocycles. The van der Waals surface area contributed by atoms with Crippen molar-refractivity contribution in [1.82, 2.24) is 14.5 Å². The maximum absolute atomic E-state index is 10.3. The second-order valence-corrected chi connectivity index (χ2v) is 7.81. The SMILES string of the molecule is CCSCc1nc2c(Cl)nc3ccccc3c2n1CC(C)(C)O. The molecule has 0 spiro atoms. The molecule has 23 heavy (non-hydrogen) atoms. The molecule has 0 fully saturated rings. The Morgan fingerprint density at radius 3 is 2.70 bits per heavy atom. The van der Waals surface area contributed by atoms with Crippen molar-refractivity contribution in [2.75, 3.05) is 5.75 Å². The van der Waals surface area contributed by atoms with Gasteiger partial charge in [0, 0.05) is 5.39 Å². The average Bonchev–Trinajstić information content (AvgIpc) is 2.83. The molecule has 0 unspecified atom stereocenters. The van der Waals surface area contributed by atoms with Gasteiger partial charge in [-0.05, 0) is 25.7 Å². The van der Waals surface area contributed by atoms with Crippen molar-refractivity contribution in [2.24, 2.45) is 0 Å². The fourth-order valence-electron chi connectivity index (χ4n) is 2.71. The molecule has 6 heteroatoms. The molecule has 1 aromatic carbocycles. The molecule has 0 atom stereocenters. The highest BCUT2D eigenvalue weighted by atomic mass is 35.5. The van der Waals surface area contributed by atoms with Gasteiger partial charge < -0.3 is 9.67 Å².